The van der Waals surface area contributed by atoms with Crippen LogP contribution < -0.4 is 10.6 Å². The molecule has 3 N–H and O–H groups in total. The van der Waals surface area contributed by atoms with Gasteiger partial charge in [0.2, 0.25) is 0 Å². The number of hydrazine groups is 1. The molecule has 1 atom stereocenters. The van der Waals surface area contributed by atoms with Gasteiger partial charge in [-0.3, -0.25) is 15.4 Å². The summed E-state index contributed by atoms with van der Waals surface area (Å²) in [5.74, 6) is 0.468. The number of aldehydes is 1. The molecule has 0 aliphatic carbocycles. The first-order valence-corrected chi connectivity index (χ1v) is 8.05. The van der Waals surface area contributed by atoms with Crippen LogP contribution in [0.5, 0.6) is 0 Å². The Hall–Kier alpha value is -2.79. The van der Waals surface area contributed by atoms with Gasteiger partial charge in [-0.2, -0.15) is 5.17 Å². The molecule has 2 aromatic carbocycles. The van der Waals surface area contributed by atoms with E-state index in [1.807, 2.05) is 18.3 Å². The molecule has 0 saturated carbocycles. The first kappa shape index (κ1) is 16.1. The normalized spacial score (nSPS) is 12.1. The molecule has 24 heavy (non-hydrogen) atoms. The summed E-state index contributed by atoms with van der Waals surface area (Å²) >= 11 is 0. The molecule has 0 amide bonds. The number of anilines is 2. The number of rotatable bonds is 6. The smallest absolute Gasteiger partial charge is 0.150 e. The lowest BCUT2D eigenvalue weighted by Crippen LogP contribution is -2.25. The fourth-order valence-corrected chi connectivity index (χ4v) is 2.77. The second kappa shape index (κ2) is 6.76. The highest BCUT2D eigenvalue weighted by molar-refractivity contribution is 5.94. The summed E-state index contributed by atoms with van der Waals surface area (Å²) in [4.78, 5) is 14.0. The Bertz CT molecular complexity index is 839. The van der Waals surface area contributed by atoms with Gasteiger partial charge in [0.05, 0.1) is 16.9 Å². The standard InChI is InChI=1S/C19H21N3O2/c1-3-13(2)17-11-20-19-16(17)5-4-6-18(19)21-22(24)15-9-7-14(12-23)8-10-15/h4-13,20-21,24H,3H2,1-2H3. The van der Waals surface area contributed by atoms with E-state index in [2.05, 4.69) is 30.3 Å². The zero-order chi connectivity index (χ0) is 17.1. The van der Waals surface area contributed by atoms with Crippen molar-refractivity contribution in [3.05, 3.63) is 59.8 Å². The van der Waals surface area contributed by atoms with Gasteiger partial charge in [-0.25, -0.2) is 0 Å². The van der Waals surface area contributed by atoms with E-state index in [1.54, 1.807) is 24.3 Å². The third-order valence-corrected chi connectivity index (χ3v) is 4.39. The molecule has 5 heteroatoms. The average molecular weight is 323 g/mol. The number of nitrogens with one attached hydrogen (secondary N) is 2. The van der Waals surface area contributed by atoms with Crippen molar-refractivity contribution in [3.63, 3.8) is 0 Å². The summed E-state index contributed by atoms with van der Waals surface area (Å²) in [5, 5.41) is 12.4. The number of para-hydroxylation sites is 1. The summed E-state index contributed by atoms with van der Waals surface area (Å²) in [6.45, 7) is 4.37. The van der Waals surface area contributed by atoms with E-state index in [1.165, 1.54) is 5.56 Å². The van der Waals surface area contributed by atoms with Gasteiger partial charge in [0.25, 0.3) is 0 Å². The summed E-state index contributed by atoms with van der Waals surface area (Å²) in [5.41, 5.74) is 7.10. The van der Waals surface area contributed by atoms with Crippen LogP contribution in [0, 0.1) is 0 Å². The highest BCUT2D eigenvalue weighted by atomic mass is 16.5. The van der Waals surface area contributed by atoms with Crippen LogP contribution in [0.1, 0.15) is 42.1 Å². The predicted molar refractivity (Wildman–Crippen MR) is 96.7 cm³/mol. The summed E-state index contributed by atoms with van der Waals surface area (Å²) in [7, 11) is 0. The highest BCUT2D eigenvalue weighted by Gasteiger charge is 2.13. The van der Waals surface area contributed by atoms with Crippen molar-refractivity contribution < 1.29 is 10.0 Å². The molecule has 0 spiro atoms. The number of fused-ring (bicyclic) bond motifs is 1. The van der Waals surface area contributed by atoms with E-state index in [-0.39, 0.29) is 0 Å². The fourth-order valence-electron chi connectivity index (χ4n) is 2.77. The van der Waals surface area contributed by atoms with Gasteiger partial charge in [0.1, 0.15) is 6.29 Å². The first-order valence-electron chi connectivity index (χ1n) is 8.05. The second-order valence-electron chi connectivity index (χ2n) is 5.91. The molecule has 5 nitrogen and oxygen atoms in total. The van der Waals surface area contributed by atoms with E-state index in [0.29, 0.717) is 17.2 Å². The number of H-pyrrole nitrogens is 1. The van der Waals surface area contributed by atoms with Crippen molar-refractivity contribution in [2.24, 2.45) is 0 Å². The van der Waals surface area contributed by atoms with E-state index in [0.717, 1.165) is 34.5 Å². The van der Waals surface area contributed by atoms with Gasteiger partial charge < -0.3 is 4.98 Å². The maximum Gasteiger partial charge on any atom is 0.150 e. The third-order valence-electron chi connectivity index (χ3n) is 4.39. The second-order valence-corrected chi connectivity index (χ2v) is 5.91. The molecule has 0 bridgehead atoms. The van der Waals surface area contributed by atoms with E-state index >= 15 is 0 Å². The molecule has 1 unspecified atom stereocenters. The van der Waals surface area contributed by atoms with Crippen molar-refractivity contribution in [2.75, 3.05) is 10.6 Å². The van der Waals surface area contributed by atoms with Gasteiger partial charge in [0, 0.05) is 17.1 Å². The van der Waals surface area contributed by atoms with Crippen LogP contribution in [0.15, 0.2) is 48.7 Å². The van der Waals surface area contributed by atoms with Crippen molar-refractivity contribution in [3.8, 4) is 0 Å². The van der Waals surface area contributed by atoms with Crippen LogP contribution in [0.25, 0.3) is 10.9 Å². The first-order chi connectivity index (χ1) is 11.6. The Morgan fingerprint density at radius 2 is 2.00 bits per heavy atom. The molecule has 124 valence electrons. The van der Waals surface area contributed by atoms with E-state index in [9.17, 15) is 10.0 Å². The van der Waals surface area contributed by atoms with Gasteiger partial charge in [-0.05, 0) is 48.2 Å². The Balaban J connectivity index is 1.89. The van der Waals surface area contributed by atoms with Gasteiger partial charge in [-0.15, -0.1) is 0 Å². The number of aromatic amines is 1. The Labute approximate surface area is 140 Å². The minimum Gasteiger partial charge on any atom is -0.359 e. The number of carbonyl (C=O) groups excluding carboxylic acids is 1. The fraction of sp³-hybridized carbons (Fsp3) is 0.211. The molecular weight excluding hydrogens is 302 g/mol. The number of hydrogen-bond donors (Lipinski definition) is 3. The van der Waals surface area contributed by atoms with Gasteiger partial charge in [0.15, 0.2) is 0 Å². The molecule has 0 aliphatic rings. The number of nitrogens with zero attached hydrogens (tertiary/aromatic N) is 1. The predicted octanol–water partition coefficient (Wildman–Crippen LogP) is 4.72. The molecule has 0 fully saturated rings. The number of hydrogen-bond acceptors (Lipinski definition) is 4. The molecule has 0 radical (unpaired) electrons. The number of carbonyl (C=O) groups is 1. The molecule has 3 aromatic rings. The minimum atomic E-state index is 0.468. The number of aromatic nitrogens is 1. The Morgan fingerprint density at radius 1 is 1.25 bits per heavy atom. The van der Waals surface area contributed by atoms with Crippen LogP contribution in [0.3, 0.4) is 0 Å². The van der Waals surface area contributed by atoms with E-state index in [4.69, 9.17) is 0 Å². The van der Waals surface area contributed by atoms with Crippen LogP contribution in [0.4, 0.5) is 11.4 Å². The zero-order valence-corrected chi connectivity index (χ0v) is 13.8. The Kier molecular flexibility index (Phi) is 4.53. The van der Waals surface area contributed by atoms with Crippen LogP contribution >= 0.6 is 0 Å². The zero-order valence-electron chi connectivity index (χ0n) is 13.8. The van der Waals surface area contributed by atoms with Gasteiger partial charge >= 0.3 is 0 Å². The molecule has 0 aliphatic heterocycles. The topological polar surface area (TPSA) is 68.4 Å². The van der Waals surface area contributed by atoms with E-state index < -0.39 is 0 Å². The van der Waals surface area contributed by atoms with Crippen LogP contribution in [-0.2, 0) is 0 Å². The van der Waals surface area contributed by atoms with Crippen molar-refractivity contribution >= 4 is 28.6 Å². The lowest BCUT2D eigenvalue weighted by molar-refractivity contribution is 0.112. The van der Waals surface area contributed by atoms with Crippen LogP contribution in [-0.4, -0.2) is 16.5 Å². The molecule has 0 saturated heterocycles. The summed E-state index contributed by atoms with van der Waals surface area (Å²) in [6, 6.07) is 12.6. The Morgan fingerprint density at radius 3 is 2.67 bits per heavy atom. The molecule has 3 rings (SSSR count). The SMILES string of the molecule is CCC(C)c1c[nH]c2c(NN(O)c3ccc(C=O)cc3)cccc12. The van der Waals surface area contributed by atoms with Crippen LogP contribution in [0.2, 0.25) is 0 Å². The monoisotopic (exact) mass is 323 g/mol. The lowest BCUT2D eigenvalue weighted by Gasteiger charge is -2.19. The van der Waals surface area contributed by atoms with Gasteiger partial charge in [-0.1, -0.05) is 26.0 Å². The third kappa shape index (κ3) is 2.98. The van der Waals surface area contributed by atoms with Crippen molar-refractivity contribution in [1.82, 2.24) is 4.98 Å². The minimum absolute atomic E-state index is 0.468. The molecular formula is C19H21N3O2. The largest absolute Gasteiger partial charge is 0.359 e. The summed E-state index contributed by atoms with van der Waals surface area (Å²) in [6.07, 6.45) is 3.87. The lowest BCUT2D eigenvalue weighted by atomic mass is 9.98. The highest BCUT2D eigenvalue weighted by Crippen LogP contribution is 2.31. The maximum atomic E-state index is 10.7. The van der Waals surface area contributed by atoms with Crippen molar-refractivity contribution in [1.29, 1.82) is 0 Å². The average Bonchev–Trinajstić information content (AvgIpc) is 3.06. The van der Waals surface area contributed by atoms with Crippen molar-refractivity contribution in [2.45, 2.75) is 26.2 Å². The molecule has 1 aromatic heterocycles. The quantitative estimate of drug-likeness (QED) is 0.454. The number of benzene rings is 2. The summed E-state index contributed by atoms with van der Waals surface area (Å²) < 4.78 is 0. The molecule has 1 heterocycles. The maximum absolute atomic E-state index is 10.7.